The SMILES string of the molecule is CNC[C@@H]1Cc2cc(C)cc(-c3cccc(OC)c3OC)c2O1. The molecule has 1 aliphatic rings. The van der Waals surface area contributed by atoms with Gasteiger partial charge in [-0.25, -0.2) is 0 Å². The van der Waals surface area contributed by atoms with Gasteiger partial charge in [0, 0.05) is 24.1 Å². The number of aryl methyl sites for hydroxylation is 1. The van der Waals surface area contributed by atoms with Crippen LogP contribution in [0.1, 0.15) is 11.1 Å². The maximum atomic E-state index is 6.20. The highest BCUT2D eigenvalue weighted by Crippen LogP contribution is 2.45. The Morgan fingerprint density at radius 3 is 2.70 bits per heavy atom. The van der Waals surface area contributed by atoms with E-state index in [4.69, 9.17) is 14.2 Å². The molecule has 1 N–H and O–H groups in total. The molecule has 0 saturated carbocycles. The van der Waals surface area contributed by atoms with Gasteiger partial charge in [0.05, 0.1) is 14.2 Å². The molecule has 0 unspecified atom stereocenters. The van der Waals surface area contributed by atoms with Crippen molar-refractivity contribution >= 4 is 0 Å². The summed E-state index contributed by atoms with van der Waals surface area (Å²) in [5.74, 6) is 2.43. The molecule has 0 amide bonds. The van der Waals surface area contributed by atoms with Crippen molar-refractivity contribution in [2.24, 2.45) is 0 Å². The molecule has 1 aliphatic heterocycles. The first-order valence-corrected chi connectivity index (χ1v) is 7.84. The molecule has 0 aromatic heterocycles. The van der Waals surface area contributed by atoms with E-state index < -0.39 is 0 Å². The van der Waals surface area contributed by atoms with Gasteiger partial charge in [-0.1, -0.05) is 18.2 Å². The van der Waals surface area contributed by atoms with Crippen molar-refractivity contribution in [3.63, 3.8) is 0 Å². The number of rotatable bonds is 5. The summed E-state index contributed by atoms with van der Waals surface area (Å²) in [6, 6.07) is 10.3. The smallest absolute Gasteiger partial charge is 0.168 e. The van der Waals surface area contributed by atoms with Gasteiger partial charge in [0.1, 0.15) is 11.9 Å². The molecule has 2 aromatic carbocycles. The average molecular weight is 313 g/mol. The molecule has 0 radical (unpaired) electrons. The van der Waals surface area contributed by atoms with Gasteiger partial charge in [-0.05, 0) is 37.2 Å². The third kappa shape index (κ3) is 2.86. The number of likely N-dealkylation sites (N-methyl/N-ethyl adjacent to an activating group) is 1. The minimum Gasteiger partial charge on any atom is -0.493 e. The Bertz CT molecular complexity index is 712. The molecular formula is C19H23NO3. The van der Waals surface area contributed by atoms with Crippen LogP contribution in [-0.2, 0) is 6.42 Å². The van der Waals surface area contributed by atoms with Gasteiger partial charge in [0.2, 0.25) is 0 Å². The van der Waals surface area contributed by atoms with Crippen LogP contribution in [0.25, 0.3) is 11.1 Å². The van der Waals surface area contributed by atoms with Crippen molar-refractivity contribution in [2.45, 2.75) is 19.4 Å². The molecule has 4 nitrogen and oxygen atoms in total. The van der Waals surface area contributed by atoms with Crippen molar-refractivity contribution in [1.29, 1.82) is 0 Å². The zero-order chi connectivity index (χ0) is 16.4. The first kappa shape index (κ1) is 15.7. The van der Waals surface area contributed by atoms with Crippen LogP contribution in [0.3, 0.4) is 0 Å². The second-order valence-corrected chi connectivity index (χ2v) is 5.84. The Morgan fingerprint density at radius 2 is 2.00 bits per heavy atom. The maximum absolute atomic E-state index is 6.20. The lowest BCUT2D eigenvalue weighted by molar-refractivity contribution is 0.232. The topological polar surface area (TPSA) is 39.7 Å². The van der Waals surface area contributed by atoms with Crippen LogP contribution in [0, 0.1) is 6.92 Å². The van der Waals surface area contributed by atoms with Crippen molar-refractivity contribution in [2.75, 3.05) is 27.8 Å². The third-order valence-corrected chi connectivity index (χ3v) is 4.17. The fourth-order valence-electron chi connectivity index (χ4n) is 3.23. The summed E-state index contributed by atoms with van der Waals surface area (Å²) in [4.78, 5) is 0. The quantitative estimate of drug-likeness (QED) is 0.920. The Kier molecular flexibility index (Phi) is 4.44. The second-order valence-electron chi connectivity index (χ2n) is 5.84. The van der Waals surface area contributed by atoms with E-state index in [2.05, 4.69) is 24.4 Å². The number of para-hydroxylation sites is 1. The largest absolute Gasteiger partial charge is 0.493 e. The van der Waals surface area contributed by atoms with E-state index in [0.29, 0.717) is 0 Å². The first-order chi connectivity index (χ1) is 11.2. The van der Waals surface area contributed by atoms with Crippen molar-refractivity contribution in [3.05, 3.63) is 41.5 Å². The average Bonchev–Trinajstić information content (AvgIpc) is 2.95. The molecule has 4 heteroatoms. The highest BCUT2D eigenvalue weighted by molar-refractivity contribution is 5.80. The Hall–Kier alpha value is -2.20. The van der Waals surface area contributed by atoms with Gasteiger partial charge in [-0.15, -0.1) is 0 Å². The molecule has 3 rings (SSSR count). The van der Waals surface area contributed by atoms with Crippen LogP contribution >= 0.6 is 0 Å². The van der Waals surface area contributed by atoms with Crippen LogP contribution in [0.15, 0.2) is 30.3 Å². The molecule has 23 heavy (non-hydrogen) atoms. The van der Waals surface area contributed by atoms with E-state index in [1.165, 1.54) is 11.1 Å². The van der Waals surface area contributed by atoms with E-state index in [9.17, 15) is 0 Å². The van der Waals surface area contributed by atoms with Crippen LogP contribution < -0.4 is 19.5 Å². The molecule has 0 bridgehead atoms. The maximum Gasteiger partial charge on any atom is 0.168 e. The molecular weight excluding hydrogens is 290 g/mol. The predicted octanol–water partition coefficient (Wildman–Crippen LogP) is 3.20. The predicted molar refractivity (Wildman–Crippen MR) is 91.8 cm³/mol. The number of hydrogen-bond acceptors (Lipinski definition) is 4. The lowest BCUT2D eigenvalue weighted by Crippen LogP contribution is -2.27. The summed E-state index contributed by atoms with van der Waals surface area (Å²) in [5.41, 5.74) is 4.54. The summed E-state index contributed by atoms with van der Waals surface area (Å²) in [5, 5.41) is 3.19. The van der Waals surface area contributed by atoms with Crippen LogP contribution in [0.4, 0.5) is 0 Å². The van der Waals surface area contributed by atoms with E-state index in [1.807, 2.05) is 25.2 Å². The van der Waals surface area contributed by atoms with Crippen LogP contribution in [0.2, 0.25) is 0 Å². The van der Waals surface area contributed by atoms with Gasteiger partial charge >= 0.3 is 0 Å². The van der Waals surface area contributed by atoms with Crippen LogP contribution in [0.5, 0.6) is 17.2 Å². The summed E-state index contributed by atoms with van der Waals surface area (Å²) in [6.07, 6.45) is 1.10. The van der Waals surface area contributed by atoms with Gasteiger partial charge in [0.25, 0.3) is 0 Å². The summed E-state index contributed by atoms with van der Waals surface area (Å²) >= 11 is 0. The number of methoxy groups -OCH3 is 2. The molecule has 0 saturated heterocycles. The molecule has 1 heterocycles. The fourth-order valence-corrected chi connectivity index (χ4v) is 3.23. The van der Waals surface area contributed by atoms with Gasteiger partial charge < -0.3 is 19.5 Å². The zero-order valence-corrected chi connectivity index (χ0v) is 14.1. The van der Waals surface area contributed by atoms with E-state index in [1.54, 1.807) is 14.2 Å². The van der Waals surface area contributed by atoms with E-state index in [0.717, 1.165) is 41.3 Å². The molecule has 0 fully saturated rings. The normalized spacial score (nSPS) is 15.9. The lowest BCUT2D eigenvalue weighted by atomic mass is 9.97. The van der Waals surface area contributed by atoms with E-state index in [-0.39, 0.29) is 6.10 Å². The standard InChI is InChI=1S/C19H23NO3/c1-12-8-13-10-14(11-20-2)23-18(13)16(9-12)15-6-5-7-17(21-3)19(15)22-4/h5-9,14,20H,10-11H2,1-4H3/t14-/m0/s1. The van der Waals surface area contributed by atoms with E-state index >= 15 is 0 Å². The molecule has 1 atom stereocenters. The van der Waals surface area contributed by atoms with Gasteiger partial charge in [-0.3, -0.25) is 0 Å². The molecule has 2 aromatic rings. The van der Waals surface area contributed by atoms with Crippen molar-refractivity contribution in [1.82, 2.24) is 5.32 Å². The number of hydrogen-bond donors (Lipinski definition) is 1. The van der Waals surface area contributed by atoms with Crippen molar-refractivity contribution in [3.8, 4) is 28.4 Å². The highest BCUT2D eigenvalue weighted by Gasteiger charge is 2.27. The van der Waals surface area contributed by atoms with Crippen molar-refractivity contribution < 1.29 is 14.2 Å². The number of nitrogens with one attached hydrogen (secondary N) is 1. The summed E-state index contributed by atoms with van der Waals surface area (Å²) in [7, 11) is 5.27. The first-order valence-electron chi connectivity index (χ1n) is 7.84. The third-order valence-electron chi connectivity index (χ3n) is 4.17. The number of ether oxygens (including phenoxy) is 3. The van der Waals surface area contributed by atoms with Gasteiger partial charge in [-0.2, -0.15) is 0 Å². The van der Waals surface area contributed by atoms with Crippen LogP contribution in [-0.4, -0.2) is 33.9 Å². The molecule has 0 aliphatic carbocycles. The fraction of sp³-hybridized carbons (Fsp3) is 0.368. The Labute approximate surface area is 137 Å². The number of fused-ring (bicyclic) bond motifs is 1. The molecule has 0 spiro atoms. The summed E-state index contributed by atoms with van der Waals surface area (Å²) in [6.45, 7) is 2.95. The minimum absolute atomic E-state index is 0.173. The number of benzene rings is 2. The highest BCUT2D eigenvalue weighted by atomic mass is 16.5. The Morgan fingerprint density at radius 1 is 1.17 bits per heavy atom. The Balaban J connectivity index is 2.13. The monoisotopic (exact) mass is 313 g/mol. The lowest BCUT2D eigenvalue weighted by Gasteiger charge is -2.16. The van der Waals surface area contributed by atoms with Gasteiger partial charge in [0.15, 0.2) is 11.5 Å². The second kappa shape index (κ2) is 6.50. The zero-order valence-electron chi connectivity index (χ0n) is 14.1. The minimum atomic E-state index is 0.173. The molecule has 122 valence electrons. The summed E-state index contributed by atoms with van der Waals surface area (Å²) < 4.78 is 17.2.